The van der Waals surface area contributed by atoms with Gasteiger partial charge in [-0.05, 0) is 0 Å². The molecule has 0 aromatic rings. The molecule has 27 heteroatoms. The summed E-state index contributed by atoms with van der Waals surface area (Å²) in [6.45, 7) is 0. The Morgan fingerprint density at radius 1 is 0.222 bits per heavy atom. The van der Waals surface area contributed by atoms with Crippen molar-refractivity contribution in [3.05, 3.63) is 0 Å². The maximum absolute atomic E-state index is 8.41. The van der Waals surface area contributed by atoms with E-state index in [1.807, 2.05) is 0 Å². The van der Waals surface area contributed by atoms with Gasteiger partial charge in [0.2, 0.25) is 0 Å². The molecule has 0 aliphatic heterocycles. The molecular weight excluding hydrogens is 771 g/mol. The van der Waals surface area contributed by atoms with Gasteiger partial charge in [0, 0.05) is 0 Å². The average Bonchev–Trinajstić information content (AvgIpc) is 2.08. The van der Waals surface area contributed by atoms with Crippen LogP contribution in [0.4, 0.5) is 0 Å². The SMILES string of the molecule is [Ir+4].[K+].[K+].[O-][Cl+2]([O-])[O-].[O-][Cl+2]([O-])[O-].[O-][Cl+2]([O-])[O-].[O-][Cl+2]([O-])[O-].[O-][Cl+2]([O-])[O-].[O-][Cl+2]([O-])[O-]. The van der Waals surface area contributed by atoms with E-state index in [1.54, 1.807) is 0 Å². The second kappa shape index (κ2) is 52.7. The normalized spacial score (nSPS) is 8.00. The zero-order valence-electron chi connectivity index (χ0n) is 11.9. The van der Waals surface area contributed by atoms with Crippen LogP contribution in [-0.2, 0) is 20.1 Å². The third-order valence-corrected chi connectivity index (χ3v) is 0. The van der Waals surface area contributed by atoms with Gasteiger partial charge >= 0.3 is 123 Å². The topological polar surface area (TPSA) is 415 Å². The van der Waals surface area contributed by atoms with Gasteiger partial charge in [0.25, 0.3) is 0 Å². The molecule has 0 aliphatic carbocycles. The van der Waals surface area contributed by atoms with Gasteiger partial charge < -0.3 is 83.9 Å². The molecule has 0 heterocycles. The predicted molar refractivity (Wildman–Crippen MR) is 0 cm³/mol. The second-order valence-corrected chi connectivity index (χ2v) is 3.40. The number of halogens is 6. The number of hydrogen-bond donors (Lipinski definition) is 0. The van der Waals surface area contributed by atoms with Crippen molar-refractivity contribution in [2.24, 2.45) is 0 Å². The monoisotopic (exact) mass is 769 g/mol. The fraction of sp³-hybridized carbons (Fsp3) is 0. The Balaban J connectivity index is -0.0000000201. The summed E-state index contributed by atoms with van der Waals surface area (Å²) in [5.74, 6) is 0. The van der Waals surface area contributed by atoms with Crippen molar-refractivity contribution in [3.63, 3.8) is 0 Å². The van der Waals surface area contributed by atoms with Crippen molar-refractivity contribution in [2.45, 2.75) is 0 Å². The number of hydrogen-bond acceptors (Lipinski definition) is 18. The van der Waals surface area contributed by atoms with E-state index in [1.165, 1.54) is 0 Å². The van der Waals surface area contributed by atoms with E-state index in [2.05, 4.69) is 0 Å². The molecule has 0 unspecified atom stereocenters. The third kappa shape index (κ3) is 1060. The first-order valence-corrected chi connectivity index (χ1v) is 8.33. The van der Waals surface area contributed by atoms with Crippen LogP contribution in [0.3, 0.4) is 0 Å². The van der Waals surface area contributed by atoms with Crippen LogP contribution in [0, 0.1) is 64.7 Å². The van der Waals surface area contributed by atoms with Gasteiger partial charge in [-0.2, -0.15) is 0 Å². The van der Waals surface area contributed by atoms with Crippen molar-refractivity contribution in [1.29, 1.82) is 0 Å². The average molecular weight is 771 g/mol. The van der Waals surface area contributed by atoms with Gasteiger partial charge in [-0.3, -0.25) is 0 Å². The van der Waals surface area contributed by atoms with Crippen LogP contribution in [0.1, 0.15) is 0 Å². The molecule has 0 amide bonds. The largest absolute Gasteiger partial charge is 4.00 e. The molecule has 161 valence electrons. The molecule has 0 aliphatic rings. The summed E-state index contributed by atoms with van der Waals surface area (Å²) in [7, 11) is -17.1. The maximum atomic E-state index is 8.41. The van der Waals surface area contributed by atoms with Crippen LogP contribution in [-0.4, -0.2) is 0 Å². The van der Waals surface area contributed by atoms with Gasteiger partial charge in [0.15, 0.2) is 0 Å². The first-order valence-electron chi connectivity index (χ1n) is 2.78. The Morgan fingerprint density at radius 3 is 0.222 bits per heavy atom. The Hall–Kier alpha value is 4.94. The summed E-state index contributed by atoms with van der Waals surface area (Å²) in [5, 5.41) is 0. The van der Waals surface area contributed by atoms with Crippen LogP contribution in [0.25, 0.3) is 0 Å². The van der Waals surface area contributed by atoms with Gasteiger partial charge in [-0.15, -0.1) is 0 Å². The van der Waals surface area contributed by atoms with Crippen LogP contribution in [0.2, 0.25) is 0 Å². The second-order valence-electron chi connectivity index (χ2n) is 1.13. The van der Waals surface area contributed by atoms with Crippen LogP contribution >= 0.6 is 0 Å². The van der Waals surface area contributed by atoms with Gasteiger partial charge in [0.05, 0.1) is 64.7 Å². The molecule has 0 N–H and O–H groups in total. The van der Waals surface area contributed by atoms with E-state index in [9.17, 15) is 0 Å². The molecule has 0 fully saturated rings. The van der Waals surface area contributed by atoms with Crippen LogP contribution in [0.5, 0.6) is 0 Å². The van der Waals surface area contributed by atoms with E-state index in [-0.39, 0.29) is 123 Å². The Morgan fingerprint density at radius 2 is 0.222 bits per heavy atom. The summed E-state index contributed by atoms with van der Waals surface area (Å²) in [6.07, 6.45) is 0. The molecule has 0 aromatic carbocycles. The fourth-order valence-electron chi connectivity index (χ4n) is 0. The molecule has 0 spiro atoms. The first-order chi connectivity index (χ1) is 10.4. The quantitative estimate of drug-likeness (QED) is 0.206. The van der Waals surface area contributed by atoms with Crippen molar-refractivity contribution in [2.75, 3.05) is 0 Å². The van der Waals surface area contributed by atoms with Crippen molar-refractivity contribution < 1.29 is 271 Å². The molecule has 0 rings (SSSR count). The van der Waals surface area contributed by atoms with Gasteiger partial charge in [-0.1, -0.05) is 0 Å². The molecular formula is Cl6IrK2O18. The smallest absolute Gasteiger partial charge is 0.357 e. The molecule has 0 saturated carbocycles. The molecule has 0 aromatic heterocycles. The summed E-state index contributed by atoms with van der Waals surface area (Å²) >= 11 is 0. The molecule has 0 bridgehead atoms. The Bertz CT molecular complexity index is 111. The third-order valence-electron chi connectivity index (χ3n) is 0. The minimum Gasteiger partial charge on any atom is -0.357 e. The molecule has 0 atom stereocenters. The van der Waals surface area contributed by atoms with Crippen molar-refractivity contribution in [3.8, 4) is 0 Å². The maximum Gasteiger partial charge on any atom is 4.00 e. The summed E-state index contributed by atoms with van der Waals surface area (Å²) < 4.78 is 151. The zero-order chi connectivity index (χ0) is 21.5. The minimum atomic E-state index is -2.85. The standard InChI is InChI=1S/6ClO3.Ir.2K/c6*2-1(3)4;;;/q6*-1;+4;2*+1. The summed E-state index contributed by atoms with van der Waals surface area (Å²) in [5.41, 5.74) is 0. The van der Waals surface area contributed by atoms with Crippen LogP contribution < -0.4 is 187 Å². The van der Waals surface area contributed by atoms with Crippen molar-refractivity contribution >= 4 is 0 Å². The molecule has 0 saturated heterocycles. The predicted octanol–water partition coefficient (Wildman–Crippen LogP) is -27.4. The van der Waals surface area contributed by atoms with E-state index in [4.69, 9.17) is 83.9 Å². The van der Waals surface area contributed by atoms with E-state index in [0.717, 1.165) is 0 Å². The van der Waals surface area contributed by atoms with Crippen molar-refractivity contribution in [1.82, 2.24) is 0 Å². The van der Waals surface area contributed by atoms with Gasteiger partial charge in [-0.25, -0.2) is 0 Å². The zero-order valence-corrected chi connectivity index (χ0v) is 25.1. The van der Waals surface area contributed by atoms with E-state index in [0.29, 0.717) is 0 Å². The number of rotatable bonds is 0. The van der Waals surface area contributed by atoms with E-state index < -0.39 is 64.7 Å². The summed E-state index contributed by atoms with van der Waals surface area (Å²) in [4.78, 5) is 0. The fourth-order valence-corrected chi connectivity index (χ4v) is 0. The Kier molecular flexibility index (Phi) is 113. The Labute approximate surface area is 266 Å². The molecule has 1 radical (unpaired) electrons. The molecule has 27 heavy (non-hydrogen) atoms. The van der Waals surface area contributed by atoms with E-state index >= 15 is 0 Å². The van der Waals surface area contributed by atoms with Gasteiger partial charge in [0.1, 0.15) is 0 Å². The molecule has 18 nitrogen and oxygen atoms in total. The minimum absolute atomic E-state index is 0. The summed E-state index contributed by atoms with van der Waals surface area (Å²) in [6, 6.07) is 0. The first kappa shape index (κ1) is 58.1. The van der Waals surface area contributed by atoms with Crippen LogP contribution in [0.15, 0.2) is 0 Å².